The molecule has 0 nitrogen and oxygen atoms in total. The lowest BCUT2D eigenvalue weighted by Gasteiger charge is -1.96. The first-order chi connectivity index (χ1) is 4.74. The number of halogens is 3. The normalized spacial score (nSPS) is 9.90. The molecule has 0 unspecified atom stereocenters. The van der Waals surface area contributed by atoms with E-state index in [-0.39, 0.29) is 5.82 Å². The molecule has 0 fully saturated rings. The molecule has 0 spiro atoms. The molecule has 0 heterocycles. The maximum atomic E-state index is 12.4. The summed E-state index contributed by atoms with van der Waals surface area (Å²) in [7, 11) is 6.51. The van der Waals surface area contributed by atoms with E-state index in [9.17, 15) is 4.39 Å². The summed E-state index contributed by atoms with van der Waals surface area (Å²) in [6.07, 6.45) is 0. The Balaban J connectivity index is 3.07. The van der Waals surface area contributed by atoms with Crippen LogP contribution in [0.4, 0.5) is 4.39 Å². The molecule has 0 radical (unpaired) electrons. The fourth-order valence-electron chi connectivity index (χ4n) is 0.538. The SMILES string of the molecule is Fc1ccc(SCl)c(Br)c1. The molecule has 0 amide bonds. The molecular formula is C6H3BrClFS. The molecule has 0 aliphatic heterocycles. The van der Waals surface area contributed by atoms with Crippen LogP contribution in [-0.2, 0) is 0 Å². The fourth-order valence-corrected chi connectivity index (χ4v) is 2.07. The van der Waals surface area contributed by atoms with Crippen LogP contribution < -0.4 is 0 Å². The number of hydrogen-bond acceptors (Lipinski definition) is 1. The van der Waals surface area contributed by atoms with Crippen molar-refractivity contribution < 1.29 is 4.39 Å². The van der Waals surface area contributed by atoms with Gasteiger partial charge in [-0.3, -0.25) is 0 Å². The van der Waals surface area contributed by atoms with Crippen molar-refractivity contribution in [3.63, 3.8) is 0 Å². The van der Waals surface area contributed by atoms with Crippen LogP contribution in [0.25, 0.3) is 0 Å². The van der Waals surface area contributed by atoms with Gasteiger partial charge in [-0.05, 0) is 55.8 Å². The second kappa shape index (κ2) is 3.60. The van der Waals surface area contributed by atoms with Crippen molar-refractivity contribution in [2.45, 2.75) is 4.90 Å². The zero-order valence-corrected chi connectivity index (χ0v) is 7.93. The first-order valence-electron chi connectivity index (χ1n) is 2.47. The maximum absolute atomic E-state index is 12.4. The Kier molecular flexibility index (Phi) is 3.01. The smallest absolute Gasteiger partial charge is 0.124 e. The molecule has 54 valence electrons. The molecule has 0 aliphatic carbocycles. The van der Waals surface area contributed by atoms with Crippen LogP contribution in [0.5, 0.6) is 0 Å². The Morgan fingerprint density at radius 1 is 1.50 bits per heavy atom. The van der Waals surface area contributed by atoms with Crippen molar-refractivity contribution in [2.24, 2.45) is 0 Å². The van der Waals surface area contributed by atoms with Crippen molar-refractivity contribution in [1.82, 2.24) is 0 Å². The highest BCUT2D eigenvalue weighted by molar-refractivity contribution is 9.10. The zero-order chi connectivity index (χ0) is 7.56. The summed E-state index contributed by atoms with van der Waals surface area (Å²) in [5.74, 6) is -0.263. The molecule has 0 bridgehead atoms. The third kappa shape index (κ3) is 1.87. The summed E-state index contributed by atoms with van der Waals surface area (Å²) >= 11 is 3.16. The van der Waals surface area contributed by atoms with E-state index in [2.05, 4.69) is 15.9 Å². The topological polar surface area (TPSA) is 0 Å². The van der Waals surface area contributed by atoms with E-state index < -0.39 is 0 Å². The quantitative estimate of drug-likeness (QED) is 0.720. The summed E-state index contributed by atoms with van der Waals surface area (Å²) in [6.45, 7) is 0. The average molecular weight is 242 g/mol. The van der Waals surface area contributed by atoms with Gasteiger partial charge in [-0.2, -0.15) is 0 Å². The lowest BCUT2D eigenvalue weighted by atomic mass is 10.3. The van der Waals surface area contributed by atoms with Gasteiger partial charge in [0.05, 0.1) is 0 Å². The summed E-state index contributed by atoms with van der Waals surface area (Å²) in [6, 6.07) is 4.37. The number of hydrogen-bond donors (Lipinski definition) is 0. The van der Waals surface area contributed by atoms with Gasteiger partial charge in [-0.1, -0.05) is 0 Å². The third-order valence-corrected chi connectivity index (χ3v) is 2.92. The highest BCUT2D eigenvalue weighted by atomic mass is 79.9. The van der Waals surface area contributed by atoms with Gasteiger partial charge in [0.1, 0.15) is 5.82 Å². The van der Waals surface area contributed by atoms with Gasteiger partial charge in [0.15, 0.2) is 0 Å². The van der Waals surface area contributed by atoms with E-state index >= 15 is 0 Å². The Hall–Kier alpha value is 0.270. The molecule has 0 aliphatic rings. The lowest BCUT2D eigenvalue weighted by Crippen LogP contribution is -1.74. The minimum absolute atomic E-state index is 0.263. The lowest BCUT2D eigenvalue weighted by molar-refractivity contribution is 0.625. The summed E-state index contributed by atoms with van der Waals surface area (Å²) < 4.78 is 13.1. The average Bonchev–Trinajstić information content (AvgIpc) is 1.88. The van der Waals surface area contributed by atoms with Gasteiger partial charge in [0.2, 0.25) is 0 Å². The van der Waals surface area contributed by atoms with E-state index in [0.717, 1.165) is 15.9 Å². The molecule has 1 aromatic rings. The minimum atomic E-state index is -0.263. The van der Waals surface area contributed by atoms with Gasteiger partial charge in [0.25, 0.3) is 0 Å². The molecule has 4 heteroatoms. The Bertz CT molecular complexity index is 241. The summed E-state index contributed by atoms with van der Waals surface area (Å²) in [5, 5.41) is 0. The predicted octanol–water partition coefficient (Wildman–Crippen LogP) is 3.83. The van der Waals surface area contributed by atoms with Crippen LogP contribution in [0.15, 0.2) is 27.6 Å². The first-order valence-corrected chi connectivity index (χ1v) is 4.91. The molecule has 1 rings (SSSR count). The molecule has 0 N–H and O–H groups in total. The third-order valence-electron chi connectivity index (χ3n) is 0.977. The molecule has 1 aromatic carbocycles. The highest BCUT2D eigenvalue weighted by Crippen LogP contribution is 2.30. The van der Waals surface area contributed by atoms with Crippen LogP contribution in [0.3, 0.4) is 0 Å². The maximum Gasteiger partial charge on any atom is 0.124 e. The van der Waals surface area contributed by atoms with E-state index in [1.807, 2.05) is 0 Å². The van der Waals surface area contributed by atoms with Crippen LogP contribution in [0, 0.1) is 5.82 Å². The monoisotopic (exact) mass is 240 g/mol. The summed E-state index contributed by atoms with van der Waals surface area (Å²) in [5.41, 5.74) is 0. The zero-order valence-electron chi connectivity index (χ0n) is 4.77. The van der Waals surface area contributed by atoms with Crippen LogP contribution in [-0.4, -0.2) is 0 Å². The van der Waals surface area contributed by atoms with Crippen LogP contribution in [0.1, 0.15) is 0 Å². The Morgan fingerprint density at radius 3 is 2.70 bits per heavy atom. The summed E-state index contributed by atoms with van der Waals surface area (Å²) in [4.78, 5) is 0.822. The largest absolute Gasteiger partial charge is 0.207 e. The number of rotatable bonds is 1. The second-order valence-electron chi connectivity index (χ2n) is 1.65. The van der Waals surface area contributed by atoms with Gasteiger partial charge in [-0.25, -0.2) is 4.39 Å². The van der Waals surface area contributed by atoms with E-state index in [1.165, 1.54) is 12.1 Å². The van der Waals surface area contributed by atoms with Gasteiger partial charge >= 0.3 is 0 Å². The minimum Gasteiger partial charge on any atom is -0.207 e. The molecule has 0 aromatic heterocycles. The molecule has 0 atom stereocenters. The molecule has 0 saturated heterocycles. The van der Waals surface area contributed by atoms with E-state index in [4.69, 9.17) is 10.7 Å². The van der Waals surface area contributed by atoms with Crippen molar-refractivity contribution >= 4 is 37.6 Å². The molecule has 0 saturated carbocycles. The van der Waals surface area contributed by atoms with Crippen molar-refractivity contribution in [3.8, 4) is 0 Å². The van der Waals surface area contributed by atoms with Gasteiger partial charge < -0.3 is 0 Å². The van der Waals surface area contributed by atoms with Crippen molar-refractivity contribution in [3.05, 3.63) is 28.5 Å². The predicted molar refractivity (Wildman–Crippen MR) is 45.8 cm³/mol. The van der Waals surface area contributed by atoms with Crippen LogP contribution >= 0.6 is 37.6 Å². The van der Waals surface area contributed by atoms with E-state index in [0.29, 0.717) is 4.47 Å². The fraction of sp³-hybridized carbons (Fsp3) is 0. The van der Waals surface area contributed by atoms with Gasteiger partial charge in [-0.15, -0.1) is 0 Å². The first kappa shape index (κ1) is 8.37. The Labute approximate surface area is 75.4 Å². The standard InChI is InChI=1S/C6H3BrClFS/c7-5-3-4(9)1-2-6(5)10-8/h1-3H. The van der Waals surface area contributed by atoms with E-state index in [1.54, 1.807) is 6.07 Å². The van der Waals surface area contributed by atoms with Crippen molar-refractivity contribution in [2.75, 3.05) is 0 Å². The molecular weight excluding hydrogens is 238 g/mol. The highest BCUT2D eigenvalue weighted by Gasteiger charge is 1.99. The van der Waals surface area contributed by atoms with Gasteiger partial charge in [0, 0.05) is 9.37 Å². The Morgan fingerprint density at radius 2 is 2.20 bits per heavy atom. The second-order valence-corrected chi connectivity index (χ2v) is 3.56. The number of benzene rings is 1. The molecule has 10 heavy (non-hydrogen) atoms. The van der Waals surface area contributed by atoms with Crippen LogP contribution in [0.2, 0.25) is 0 Å². The van der Waals surface area contributed by atoms with Crippen molar-refractivity contribution in [1.29, 1.82) is 0 Å².